The third-order valence-corrected chi connectivity index (χ3v) is 1.84. The second-order valence-corrected chi connectivity index (χ2v) is 2.96. The van der Waals surface area contributed by atoms with Crippen LogP contribution in [0.15, 0.2) is 0 Å². The van der Waals surface area contributed by atoms with Crippen LogP contribution in [0.1, 0.15) is 6.92 Å². The van der Waals surface area contributed by atoms with Gasteiger partial charge in [-0.1, -0.05) is 6.92 Å². The molecule has 0 atom stereocenters. The van der Waals surface area contributed by atoms with Gasteiger partial charge in [0.25, 0.3) is 0 Å². The van der Waals surface area contributed by atoms with Crippen molar-refractivity contribution in [1.82, 2.24) is 0 Å². The van der Waals surface area contributed by atoms with Gasteiger partial charge in [-0.2, -0.15) is 43.9 Å². The molecule has 0 rings (SSSR count). The molecule has 0 aliphatic heterocycles. The molecule has 0 amide bonds. The molecule has 0 spiro atoms. The van der Waals surface area contributed by atoms with Crippen LogP contribution < -0.4 is 0 Å². The first kappa shape index (κ1) is 15.3. The van der Waals surface area contributed by atoms with Crippen molar-refractivity contribution in [2.24, 2.45) is 5.92 Å². The lowest BCUT2D eigenvalue weighted by Gasteiger charge is -2.32. The van der Waals surface area contributed by atoms with Crippen LogP contribution in [0.25, 0.3) is 0 Å². The van der Waals surface area contributed by atoms with Crippen molar-refractivity contribution in [3.63, 3.8) is 0 Å². The normalized spacial score (nSPS) is 15.8. The maximum absolute atomic E-state index is 12.2. The topological polar surface area (TPSA) is 0 Å². The van der Waals surface area contributed by atoms with Crippen molar-refractivity contribution in [2.45, 2.75) is 31.1 Å². The predicted molar refractivity (Wildman–Crippen MR) is 31.2 cm³/mol. The molecule has 0 saturated heterocycles. The second-order valence-electron chi connectivity index (χ2n) is 2.96. The Morgan fingerprint density at radius 1 is 0.562 bits per heavy atom. The Kier molecular flexibility index (Phi) is 3.50. The summed E-state index contributed by atoms with van der Waals surface area (Å²) < 4.78 is 118. The van der Waals surface area contributed by atoms with Gasteiger partial charge in [0.2, 0.25) is 0 Å². The van der Waals surface area contributed by atoms with E-state index in [1.165, 1.54) is 0 Å². The van der Waals surface area contributed by atoms with E-state index in [0.717, 1.165) is 0 Å². The van der Waals surface area contributed by atoms with Gasteiger partial charge in [0.15, 0.2) is 0 Å². The standard InChI is InChI=1S/C6H4F10/c1-2(3(7,8)5(11,12)13)4(9,10)6(14,15)16/h2H,1H3. The first-order valence-corrected chi connectivity index (χ1v) is 3.54. The highest BCUT2D eigenvalue weighted by atomic mass is 19.4. The van der Waals surface area contributed by atoms with Gasteiger partial charge >= 0.3 is 24.2 Å². The predicted octanol–water partition coefficient (Wildman–Crippen LogP) is 4.02. The van der Waals surface area contributed by atoms with Crippen LogP contribution in [0.3, 0.4) is 0 Å². The van der Waals surface area contributed by atoms with E-state index in [-0.39, 0.29) is 0 Å². The average Bonchev–Trinajstić information content (AvgIpc) is 1.98. The Balaban J connectivity index is 5.30. The molecule has 0 aromatic heterocycles. The Bertz CT molecular complexity index is 219. The Morgan fingerprint density at radius 3 is 0.875 bits per heavy atom. The van der Waals surface area contributed by atoms with Crippen LogP contribution in [-0.2, 0) is 0 Å². The zero-order valence-electron chi connectivity index (χ0n) is 7.36. The lowest BCUT2D eigenvalue weighted by Crippen LogP contribution is -2.55. The first-order chi connectivity index (χ1) is 6.65. The van der Waals surface area contributed by atoms with Crippen LogP contribution in [0, 0.1) is 5.92 Å². The SMILES string of the molecule is CC(C(F)(F)C(F)(F)F)C(F)(F)C(F)(F)F. The van der Waals surface area contributed by atoms with E-state index in [9.17, 15) is 43.9 Å². The van der Waals surface area contributed by atoms with E-state index in [0.29, 0.717) is 0 Å². The van der Waals surface area contributed by atoms with E-state index in [1.807, 2.05) is 0 Å². The van der Waals surface area contributed by atoms with Crippen molar-refractivity contribution < 1.29 is 43.9 Å². The summed E-state index contributed by atoms with van der Waals surface area (Å²) in [7, 11) is 0. The van der Waals surface area contributed by atoms with Gasteiger partial charge in [-0.15, -0.1) is 0 Å². The average molecular weight is 266 g/mol. The molecule has 0 saturated carbocycles. The Hall–Kier alpha value is -0.700. The summed E-state index contributed by atoms with van der Waals surface area (Å²) in [5, 5.41) is 0. The summed E-state index contributed by atoms with van der Waals surface area (Å²) >= 11 is 0. The van der Waals surface area contributed by atoms with Gasteiger partial charge in [-0.05, 0) is 0 Å². The maximum atomic E-state index is 12.2. The molecular formula is C6H4F10. The van der Waals surface area contributed by atoms with Gasteiger partial charge in [0, 0.05) is 0 Å². The largest absolute Gasteiger partial charge is 0.453 e. The highest BCUT2D eigenvalue weighted by molar-refractivity contribution is 4.93. The minimum Gasteiger partial charge on any atom is -0.196 e. The lowest BCUT2D eigenvalue weighted by atomic mass is 9.95. The molecule has 0 aliphatic rings. The minimum absolute atomic E-state index is 0.513. The smallest absolute Gasteiger partial charge is 0.196 e. The summed E-state index contributed by atoms with van der Waals surface area (Å²) in [4.78, 5) is 0. The summed E-state index contributed by atoms with van der Waals surface area (Å²) in [5.41, 5.74) is 0. The fourth-order valence-corrected chi connectivity index (χ4v) is 0.719. The molecule has 0 heterocycles. The zero-order chi connectivity index (χ0) is 13.6. The first-order valence-electron chi connectivity index (χ1n) is 3.54. The minimum atomic E-state index is -6.47. The van der Waals surface area contributed by atoms with Crippen LogP contribution in [0.2, 0.25) is 0 Å². The maximum Gasteiger partial charge on any atom is 0.453 e. The van der Waals surface area contributed by atoms with Gasteiger partial charge in [0.05, 0.1) is 0 Å². The molecule has 0 unspecified atom stereocenters. The van der Waals surface area contributed by atoms with Gasteiger partial charge in [-0.3, -0.25) is 0 Å². The number of hydrogen-bond acceptors (Lipinski definition) is 0. The molecule has 0 aliphatic carbocycles. The van der Waals surface area contributed by atoms with Crippen molar-refractivity contribution in [3.8, 4) is 0 Å². The fraction of sp³-hybridized carbons (Fsp3) is 1.00. The molecule has 0 bridgehead atoms. The Labute approximate surface area is 82.2 Å². The van der Waals surface area contributed by atoms with E-state index in [1.54, 1.807) is 0 Å². The molecule has 0 aromatic rings. The van der Waals surface area contributed by atoms with Crippen molar-refractivity contribution in [3.05, 3.63) is 0 Å². The van der Waals surface area contributed by atoms with Gasteiger partial charge < -0.3 is 0 Å². The van der Waals surface area contributed by atoms with E-state index < -0.39 is 37.0 Å². The van der Waals surface area contributed by atoms with Gasteiger partial charge in [-0.25, -0.2) is 0 Å². The molecule has 98 valence electrons. The van der Waals surface area contributed by atoms with Crippen LogP contribution in [-0.4, -0.2) is 24.2 Å². The summed E-state index contributed by atoms with van der Waals surface area (Å²) in [5.74, 6) is -16.5. The third-order valence-electron chi connectivity index (χ3n) is 1.84. The fourth-order valence-electron chi connectivity index (χ4n) is 0.719. The second kappa shape index (κ2) is 3.66. The molecule has 16 heavy (non-hydrogen) atoms. The molecule has 0 N–H and O–H groups in total. The summed E-state index contributed by atoms with van der Waals surface area (Å²) in [6.45, 7) is -0.513. The summed E-state index contributed by atoms with van der Waals surface area (Å²) in [6.07, 6.45) is -12.9. The monoisotopic (exact) mass is 266 g/mol. The quantitative estimate of drug-likeness (QED) is 0.662. The van der Waals surface area contributed by atoms with E-state index >= 15 is 0 Å². The summed E-state index contributed by atoms with van der Waals surface area (Å²) in [6, 6.07) is 0. The highest BCUT2D eigenvalue weighted by Gasteiger charge is 2.74. The number of rotatable bonds is 2. The van der Waals surface area contributed by atoms with E-state index in [4.69, 9.17) is 0 Å². The molecule has 0 fully saturated rings. The molecule has 0 aromatic carbocycles. The van der Waals surface area contributed by atoms with Gasteiger partial charge in [0.1, 0.15) is 5.92 Å². The zero-order valence-corrected chi connectivity index (χ0v) is 7.36. The molecular weight excluding hydrogens is 262 g/mol. The molecule has 10 heteroatoms. The van der Waals surface area contributed by atoms with Crippen molar-refractivity contribution in [1.29, 1.82) is 0 Å². The van der Waals surface area contributed by atoms with Crippen molar-refractivity contribution in [2.75, 3.05) is 0 Å². The van der Waals surface area contributed by atoms with Crippen molar-refractivity contribution >= 4 is 0 Å². The number of hydrogen-bond donors (Lipinski definition) is 0. The number of halogens is 10. The van der Waals surface area contributed by atoms with Crippen LogP contribution in [0.5, 0.6) is 0 Å². The molecule has 0 nitrogen and oxygen atoms in total. The Morgan fingerprint density at radius 2 is 0.750 bits per heavy atom. The number of alkyl halides is 10. The third kappa shape index (κ3) is 2.34. The van der Waals surface area contributed by atoms with Crippen LogP contribution in [0.4, 0.5) is 43.9 Å². The van der Waals surface area contributed by atoms with E-state index in [2.05, 4.69) is 0 Å². The highest BCUT2D eigenvalue weighted by Crippen LogP contribution is 2.51. The van der Waals surface area contributed by atoms with Crippen LogP contribution >= 0.6 is 0 Å². The lowest BCUT2D eigenvalue weighted by molar-refractivity contribution is -0.369. The molecule has 0 radical (unpaired) electrons.